The van der Waals surface area contributed by atoms with Crippen LogP contribution in [0.2, 0.25) is 5.02 Å². The molecule has 0 fully saturated rings. The lowest BCUT2D eigenvalue weighted by Crippen LogP contribution is -2.04. The molecule has 0 heterocycles. The maximum absolute atomic E-state index is 13.6. The number of aryl methyl sites for hydroxylation is 1. The molecule has 0 saturated heterocycles. The zero-order valence-corrected chi connectivity index (χ0v) is 11.1. The predicted molar refractivity (Wildman–Crippen MR) is 74.6 cm³/mol. The SMILES string of the molecule is Cc1cccc(Cl)c1NCc1cc(C#N)ccc1F. The average Bonchev–Trinajstić information content (AvgIpc) is 2.40. The lowest BCUT2D eigenvalue weighted by molar-refractivity contribution is 0.612. The summed E-state index contributed by atoms with van der Waals surface area (Å²) in [7, 11) is 0. The Bertz CT molecular complexity index is 627. The van der Waals surface area contributed by atoms with Crippen molar-refractivity contribution < 1.29 is 4.39 Å². The first-order valence-corrected chi connectivity index (χ1v) is 6.17. The Morgan fingerprint density at radius 2 is 2.11 bits per heavy atom. The molecule has 0 aliphatic rings. The van der Waals surface area contributed by atoms with E-state index >= 15 is 0 Å². The zero-order valence-electron chi connectivity index (χ0n) is 10.4. The number of benzene rings is 2. The van der Waals surface area contributed by atoms with Gasteiger partial charge in [-0.15, -0.1) is 0 Å². The van der Waals surface area contributed by atoms with Crippen LogP contribution in [0.3, 0.4) is 0 Å². The summed E-state index contributed by atoms with van der Waals surface area (Å²) < 4.78 is 13.6. The van der Waals surface area contributed by atoms with Crippen molar-refractivity contribution in [1.82, 2.24) is 0 Å². The van der Waals surface area contributed by atoms with Crippen molar-refractivity contribution in [3.8, 4) is 6.07 Å². The van der Waals surface area contributed by atoms with E-state index in [1.807, 2.05) is 25.1 Å². The molecule has 2 aromatic carbocycles. The van der Waals surface area contributed by atoms with Crippen LogP contribution >= 0.6 is 11.6 Å². The van der Waals surface area contributed by atoms with E-state index < -0.39 is 0 Å². The Kier molecular flexibility index (Phi) is 4.03. The molecule has 0 radical (unpaired) electrons. The van der Waals surface area contributed by atoms with E-state index in [-0.39, 0.29) is 12.4 Å². The number of rotatable bonds is 3. The lowest BCUT2D eigenvalue weighted by atomic mass is 10.1. The molecule has 0 aliphatic heterocycles. The van der Waals surface area contributed by atoms with Crippen LogP contribution in [0.5, 0.6) is 0 Å². The summed E-state index contributed by atoms with van der Waals surface area (Å²) in [6.07, 6.45) is 0. The van der Waals surface area contributed by atoms with Gasteiger partial charge in [0.2, 0.25) is 0 Å². The zero-order chi connectivity index (χ0) is 13.8. The second-order valence-corrected chi connectivity index (χ2v) is 4.61. The highest BCUT2D eigenvalue weighted by atomic mass is 35.5. The molecular weight excluding hydrogens is 263 g/mol. The van der Waals surface area contributed by atoms with Crippen molar-refractivity contribution in [2.75, 3.05) is 5.32 Å². The Hall–Kier alpha value is -2.05. The van der Waals surface area contributed by atoms with Crippen molar-refractivity contribution in [3.05, 3.63) is 63.9 Å². The monoisotopic (exact) mass is 274 g/mol. The van der Waals surface area contributed by atoms with Crippen molar-refractivity contribution in [3.63, 3.8) is 0 Å². The molecule has 0 bridgehead atoms. The van der Waals surface area contributed by atoms with Gasteiger partial charge in [-0.25, -0.2) is 4.39 Å². The summed E-state index contributed by atoms with van der Waals surface area (Å²) in [5.74, 6) is -0.337. The first kappa shape index (κ1) is 13.4. The maximum Gasteiger partial charge on any atom is 0.128 e. The van der Waals surface area contributed by atoms with Gasteiger partial charge in [-0.1, -0.05) is 23.7 Å². The van der Waals surface area contributed by atoms with Crippen molar-refractivity contribution in [2.24, 2.45) is 0 Å². The average molecular weight is 275 g/mol. The van der Waals surface area contributed by atoms with Crippen molar-refractivity contribution in [1.29, 1.82) is 5.26 Å². The normalized spacial score (nSPS) is 10.0. The molecule has 0 amide bonds. The third-order valence-electron chi connectivity index (χ3n) is 2.85. The van der Waals surface area contributed by atoms with Gasteiger partial charge in [-0.2, -0.15) is 5.26 Å². The van der Waals surface area contributed by atoms with Gasteiger partial charge in [-0.05, 0) is 36.8 Å². The summed E-state index contributed by atoms with van der Waals surface area (Å²) in [6.45, 7) is 2.21. The van der Waals surface area contributed by atoms with Gasteiger partial charge in [0.1, 0.15) is 5.82 Å². The first-order valence-electron chi connectivity index (χ1n) is 5.79. The number of para-hydroxylation sites is 1. The molecule has 0 atom stereocenters. The van der Waals surface area contributed by atoms with Crippen LogP contribution in [0.15, 0.2) is 36.4 Å². The van der Waals surface area contributed by atoms with Crippen LogP contribution in [0, 0.1) is 24.1 Å². The highest BCUT2D eigenvalue weighted by Gasteiger charge is 2.06. The van der Waals surface area contributed by atoms with Gasteiger partial charge >= 0.3 is 0 Å². The molecule has 0 unspecified atom stereocenters. The summed E-state index contributed by atoms with van der Waals surface area (Å²) in [5, 5.41) is 12.5. The Morgan fingerprint density at radius 3 is 2.79 bits per heavy atom. The largest absolute Gasteiger partial charge is 0.379 e. The number of hydrogen-bond acceptors (Lipinski definition) is 2. The van der Waals surface area contributed by atoms with Crippen molar-refractivity contribution in [2.45, 2.75) is 13.5 Å². The minimum absolute atomic E-state index is 0.284. The topological polar surface area (TPSA) is 35.8 Å². The van der Waals surface area contributed by atoms with Gasteiger partial charge in [0.25, 0.3) is 0 Å². The fraction of sp³-hybridized carbons (Fsp3) is 0.133. The number of nitrogens with zero attached hydrogens (tertiary/aromatic N) is 1. The van der Waals surface area contributed by atoms with Crippen LogP contribution in [-0.2, 0) is 6.54 Å². The van der Waals surface area contributed by atoms with Crippen molar-refractivity contribution >= 4 is 17.3 Å². The van der Waals surface area contributed by atoms with Crippen LogP contribution < -0.4 is 5.32 Å². The number of halogens is 2. The number of hydrogen-bond donors (Lipinski definition) is 1. The van der Waals surface area contributed by atoms with Gasteiger partial charge in [0.15, 0.2) is 0 Å². The Balaban J connectivity index is 2.22. The summed E-state index contributed by atoms with van der Waals surface area (Å²) in [4.78, 5) is 0. The van der Waals surface area contributed by atoms with Gasteiger partial charge < -0.3 is 5.32 Å². The minimum Gasteiger partial charge on any atom is -0.379 e. The van der Waals surface area contributed by atoms with E-state index in [0.717, 1.165) is 11.3 Å². The fourth-order valence-electron chi connectivity index (χ4n) is 1.82. The van der Waals surface area contributed by atoms with Gasteiger partial charge in [-0.3, -0.25) is 0 Å². The van der Waals surface area contributed by atoms with E-state index in [1.54, 1.807) is 6.07 Å². The summed E-state index contributed by atoms with van der Waals surface area (Å²) in [6, 6.07) is 11.9. The summed E-state index contributed by atoms with van der Waals surface area (Å²) >= 11 is 6.09. The van der Waals surface area contributed by atoms with E-state index in [0.29, 0.717) is 16.1 Å². The molecule has 2 nitrogen and oxygen atoms in total. The summed E-state index contributed by atoms with van der Waals surface area (Å²) in [5.41, 5.74) is 2.66. The van der Waals surface area contributed by atoms with Crippen LogP contribution in [0.25, 0.3) is 0 Å². The molecule has 4 heteroatoms. The van der Waals surface area contributed by atoms with Gasteiger partial charge in [0, 0.05) is 12.1 Å². The quantitative estimate of drug-likeness (QED) is 0.907. The number of anilines is 1. The number of nitriles is 1. The smallest absolute Gasteiger partial charge is 0.128 e. The standard InChI is InChI=1S/C15H12ClFN2/c1-10-3-2-4-13(16)15(10)19-9-12-7-11(8-18)5-6-14(12)17/h2-7,19H,9H2,1H3. The van der Waals surface area contributed by atoms with E-state index in [1.165, 1.54) is 18.2 Å². The molecule has 0 spiro atoms. The van der Waals surface area contributed by atoms with E-state index in [2.05, 4.69) is 5.32 Å². The Morgan fingerprint density at radius 1 is 1.32 bits per heavy atom. The van der Waals surface area contributed by atoms with Crippen LogP contribution in [0.4, 0.5) is 10.1 Å². The fourth-order valence-corrected chi connectivity index (χ4v) is 2.11. The molecule has 19 heavy (non-hydrogen) atoms. The highest BCUT2D eigenvalue weighted by Crippen LogP contribution is 2.26. The van der Waals surface area contributed by atoms with E-state index in [9.17, 15) is 4.39 Å². The molecule has 1 N–H and O–H groups in total. The van der Waals surface area contributed by atoms with E-state index in [4.69, 9.17) is 16.9 Å². The van der Waals surface area contributed by atoms with Crippen LogP contribution in [-0.4, -0.2) is 0 Å². The predicted octanol–water partition coefficient (Wildman–Crippen LogP) is 4.27. The third-order valence-corrected chi connectivity index (χ3v) is 3.17. The second-order valence-electron chi connectivity index (χ2n) is 4.20. The third kappa shape index (κ3) is 3.04. The molecule has 2 rings (SSSR count). The molecule has 0 aromatic heterocycles. The Labute approximate surface area is 116 Å². The lowest BCUT2D eigenvalue weighted by Gasteiger charge is -2.12. The second kappa shape index (κ2) is 5.73. The first-order chi connectivity index (χ1) is 9.11. The number of nitrogens with one attached hydrogen (secondary N) is 1. The molecule has 0 aliphatic carbocycles. The molecule has 2 aromatic rings. The van der Waals surface area contributed by atoms with Crippen LogP contribution in [0.1, 0.15) is 16.7 Å². The molecular formula is C15H12ClFN2. The maximum atomic E-state index is 13.6. The highest BCUT2D eigenvalue weighted by molar-refractivity contribution is 6.33. The van der Waals surface area contributed by atoms with Gasteiger partial charge in [0.05, 0.1) is 22.3 Å². The molecule has 0 saturated carbocycles. The minimum atomic E-state index is -0.337. The molecule has 96 valence electrons.